The van der Waals surface area contributed by atoms with Crippen LogP contribution in [-0.2, 0) is 0 Å². The summed E-state index contributed by atoms with van der Waals surface area (Å²) in [5, 5.41) is 5.96. The van der Waals surface area contributed by atoms with Gasteiger partial charge in [0.1, 0.15) is 17.3 Å². The number of fused-ring (bicyclic) bond motifs is 1. The fourth-order valence-electron chi connectivity index (χ4n) is 3.15. The second-order valence-corrected chi connectivity index (χ2v) is 8.89. The largest absolute Gasteiger partial charge is 0.455 e. The molecule has 0 aliphatic carbocycles. The van der Waals surface area contributed by atoms with Gasteiger partial charge >= 0.3 is 0 Å². The number of nitrogens with zero attached hydrogens (tertiary/aromatic N) is 3. The summed E-state index contributed by atoms with van der Waals surface area (Å²) in [7, 11) is 0. The van der Waals surface area contributed by atoms with Crippen molar-refractivity contribution < 1.29 is 4.42 Å². The van der Waals surface area contributed by atoms with Gasteiger partial charge in [-0.1, -0.05) is 53.0 Å². The molecule has 0 fully saturated rings. The van der Waals surface area contributed by atoms with E-state index >= 15 is 0 Å². The molecule has 2 heterocycles. The minimum atomic E-state index is -0.231. The van der Waals surface area contributed by atoms with E-state index in [0.29, 0.717) is 38.3 Å². The van der Waals surface area contributed by atoms with Gasteiger partial charge in [0.05, 0.1) is 22.1 Å². The van der Waals surface area contributed by atoms with Crippen molar-refractivity contribution in [2.24, 2.45) is 5.10 Å². The number of aromatic nitrogens is 2. The summed E-state index contributed by atoms with van der Waals surface area (Å²) in [6.07, 6.45) is 2.33. The molecule has 0 radical (unpaired) electrons. The van der Waals surface area contributed by atoms with Crippen molar-refractivity contribution in [2.45, 2.75) is 26.2 Å². The van der Waals surface area contributed by atoms with Crippen LogP contribution >= 0.6 is 39.1 Å². The minimum absolute atomic E-state index is 0.0536. The van der Waals surface area contributed by atoms with Gasteiger partial charge in [-0.05, 0) is 55.0 Å². The molecule has 0 unspecified atom stereocenters. The third-order valence-corrected chi connectivity index (χ3v) is 6.05. The summed E-state index contributed by atoms with van der Waals surface area (Å²) in [6.45, 7) is 4.07. The maximum atomic E-state index is 13.2. The van der Waals surface area contributed by atoms with E-state index in [2.05, 4.69) is 21.0 Å². The van der Waals surface area contributed by atoms with Crippen LogP contribution in [0.5, 0.6) is 0 Å². The monoisotopic (exact) mass is 517 g/mol. The first-order valence-corrected chi connectivity index (χ1v) is 11.2. The second kappa shape index (κ2) is 8.99. The molecule has 31 heavy (non-hydrogen) atoms. The molecule has 0 spiro atoms. The van der Waals surface area contributed by atoms with Crippen LogP contribution in [0.3, 0.4) is 0 Å². The third-order valence-electron chi connectivity index (χ3n) is 5.01. The highest BCUT2D eigenvalue weighted by Gasteiger charge is 2.16. The normalized spacial score (nSPS) is 12.7. The highest BCUT2D eigenvalue weighted by atomic mass is 79.9. The molecule has 0 bridgehead atoms. The van der Waals surface area contributed by atoms with E-state index in [1.54, 1.807) is 36.4 Å². The molecule has 4 aromatic rings. The molecular formula is C23H18BrCl2N3O2. The highest BCUT2D eigenvalue weighted by Crippen LogP contribution is 2.31. The lowest BCUT2D eigenvalue weighted by atomic mass is 10.1. The molecule has 0 aliphatic heterocycles. The van der Waals surface area contributed by atoms with Gasteiger partial charge < -0.3 is 4.42 Å². The summed E-state index contributed by atoms with van der Waals surface area (Å²) in [5.41, 5.74) is 1.14. The molecule has 158 valence electrons. The van der Waals surface area contributed by atoms with Gasteiger partial charge in [-0.25, -0.2) is 4.98 Å². The number of hydrogen-bond donors (Lipinski definition) is 0. The predicted molar refractivity (Wildman–Crippen MR) is 130 cm³/mol. The molecular weight excluding hydrogens is 501 g/mol. The SMILES string of the molecule is CC[C@H](C)c1nc2ccc(Br)cc2c(=O)n1N=Cc1ccc(-c2ccc(Cl)cc2Cl)o1. The van der Waals surface area contributed by atoms with Crippen LogP contribution in [0.2, 0.25) is 10.0 Å². The molecule has 4 rings (SSSR count). The van der Waals surface area contributed by atoms with Crippen molar-refractivity contribution >= 4 is 56.2 Å². The molecule has 2 aromatic carbocycles. The minimum Gasteiger partial charge on any atom is -0.455 e. The van der Waals surface area contributed by atoms with Gasteiger partial charge in [0, 0.05) is 21.0 Å². The van der Waals surface area contributed by atoms with E-state index in [0.717, 1.165) is 16.5 Å². The van der Waals surface area contributed by atoms with E-state index in [1.807, 2.05) is 26.0 Å². The van der Waals surface area contributed by atoms with E-state index in [9.17, 15) is 4.79 Å². The molecule has 5 nitrogen and oxygen atoms in total. The van der Waals surface area contributed by atoms with E-state index in [4.69, 9.17) is 32.6 Å². The Morgan fingerprint density at radius 3 is 2.74 bits per heavy atom. The molecule has 0 saturated heterocycles. The Balaban J connectivity index is 1.76. The lowest BCUT2D eigenvalue weighted by Gasteiger charge is -2.13. The van der Waals surface area contributed by atoms with E-state index in [-0.39, 0.29) is 11.5 Å². The molecule has 0 N–H and O–H groups in total. The zero-order valence-electron chi connectivity index (χ0n) is 16.8. The molecule has 2 aromatic heterocycles. The molecule has 8 heteroatoms. The fraction of sp³-hybridized carbons (Fsp3) is 0.174. The third kappa shape index (κ3) is 4.47. The number of rotatable bonds is 5. The Morgan fingerprint density at radius 1 is 1.19 bits per heavy atom. The first-order valence-electron chi connectivity index (χ1n) is 9.69. The van der Waals surface area contributed by atoms with Crippen LogP contribution in [0.4, 0.5) is 0 Å². The van der Waals surface area contributed by atoms with Gasteiger partial charge in [0.15, 0.2) is 0 Å². The maximum Gasteiger partial charge on any atom is 0.282 e. The van der Waals surface area contributed by atoms with Gasteiger partial charge in [0.2, 0.25) is 0 Å². The second-order valence-electron chi connectivity index (χ2n) is 7.13. The Hall–Kier alpha value is -2.41. The zero-order chi connectivity index (χ0) is 22.1. The van der Waals surface area contributed by atoms with Crippen molar-refractivity contribution in [3.05, 3.63) is 85.0 Å². The Bertz CT molecular complexity index is 1360. The first kappa shape index (κ1) is 21.8. The van der Waals surface area contributed by atoms with Gasteiger partial charge in [0.25, 0.3) is 5.56 Å². The van der Waals surface area contributed by atoms with Crippen molar-refractivity contribution in [3.8, 4) is 11.3 Å². The first-order chi connectivity index (χ1) is 14.9. The van der Waals surface area contributed by atoms with Crippen LogP contribution in [0.25, 0.3) is 22.2 Å². The van der Waals surface area contributed by atoms with Gasteiger partial charge in [-0.15, -0.1) is 0 Å². The molecule has 1 atom stereocenters. The Labute approximate surface area is 197 Å². The molecule has 0 saturated carbocycles. The number of hydrogen-bond acceptors (Lipinski definition) is 4. The number of halogens is 3. The lowest BCUT2D eigenvalue weighted by Crippen LogP contribution is -2.23. The fourth-order valence-corrected chi connectivity index (χ4v) is 4.01. The van der Waals surface area contributed by atoms with Crippen LogP contribution in [0.15, 0.2) is 67.3 Å². The zero-order valence-corrected chi connectivity index (χ0v) is 19.9. The summed E-state index contributed by atoms with van der Waals surface area (Å²) >= 11 is 15.7. The quantitative estimate of drug-likeness (QED) is 0.264. The topological polar surface area (TPSA) is 60.4 Å². The summed E-state index contributed by atoms with van der Waals surface area (Å²) in [6, 6.07) is 14.2. The Morgan fingerprint density at radius 2 is 2.00 bits per heavy atom. The van der Waals surface area contributed by atoms with Crippen molar-refractivity contribution in [3.63, 3.8) is 0 Å². The Kier molecular flexibility index (Phi) is 6.32. The van der Waals surface area contributed by atoms with Crippen LogP contribution < -0.4 is 5.56 Å². The standard InChI is InChI=1S/C23H18BrCl2N3O2/c1-3-13(2)22-28-20-8-4-14(24)10-18(20)23(30)29(22)27-12-16-6-9-21(31-16)17-7-5-15(25)11-19(17)26/h4-13H,3H2,1-2H3/t13-/m0/s1. The predicted octanol–water partition coefficient (Wildman–Crippen LogP) is 7.12. The summed E-state index contributed by atoms with van der Waals surface area (Å²) in [5.74, 6) is 1.72. The van der Waals surface area contributed by atoms with Gasteiger partial charge in [-0.2, -0.15) is 9.78 Å². The average Bonchev–Trinajstić information content (AvgIpc) is 3.21. The van der Waals surface area contributed by atoms with E-state index < -0.39 is 0 Å². The van der Waals surface area contributed by atoms with Crippen molar-refractivity contribution in [1.29, 1.82) is 0 Å². The van der Waals surface area contributed by atoms with Gasteiger partial charge in [-0.3, -0.25) is 4.79 Å². The summed E-state index contributed by atoms with van der Waals surface area (Å²) in [4.78, 5) is 17.9. The van der Waals surface area contributed by atoms with Crippen molar-refractivity contribution in [1.82, 2.24) is 9.66 Å². The van der Waals surface area contributed by atoms with Crippen LogP contribution in [0, 0.1) is 0 Å². The molecule has 0 aliphatic rings. The summed E-state index contributed by atoms with van der Waals surface area (Å²) < 4.78 is 8.02. The average molecular weight is 519 g/mol. The highest BCUT2D eigenvalue weighted by molar-refractivity contribution is 9.10. The smallest absolute Gasteiger partial charge is 0.282 e. The number of benzene rings is 2. The lowest BCUT2D eigenvalue weighted by molar-refractivity contribution is 0.571. The van der Waals surface area contributed by atoms with Crippen LogP contribution in [-0.4, -0.2) is 15.9 Å². The van der Waals surface area contributed by atoms with Crippen LogP contribution in [0.1, 0.15) is 37.8 Å². The van der Waals surface area contributed by atoms with Crippen molar-refractivity contribution in [2.75, 3.05) is 0 Å². The van der Waals surface area contributed by atoms with E-state index in [1.165, 1.54) is 10.9 Å². The number of furan rings is 1. The maximum absolute atomic E-state index is 13.2. The molecule has 0 amide bonds.